The lowest BCUT2D eigenvalue weighted by molar-refractivity contribution is 0.0982. The summed E-state index contributed by atoms with van der Waals surface area (Å²) in [4.78, 5) is 25.9. The van der Waals surface area contributed by atoms with Gasteiger partial charge in [0.1, 0.15) is 5.02 Å². The van der Waals surface area contributed by atoms with Gasteiger partial charge in [0, 0.05) is 35.8 Å². The van der Waals surface area contributed by atoms with Crippen molar-refractivity contribution in [2.24, 2.45) is 0 Å². The molecule has 6 bridgehead atoms. The summed E-state index contributed by atoms with van der Waals surface area (Å²) in [6.45, 7) is 0. The molecule has 0 unspecified atom stereocenters. The number of nitrogens with one attached hydrogen (secondary N) is 2. The van der Waals surface area contributed by atoms with Crippen LogP contribution in [0.2, 0.25) is 5.02 Å². The summed E-state index contributed by atoms with van der Waals surface area (Å²) >= 11 is 6.37. The molecule has 33 heavy (non-hydrogen) atoms. The number of benzene rings is 2. The second-order valence-corrected chi connectivity index (χ2v) is 8.44. The van der Waals surface area contributed by atoms with Gasteiger partial charge in [0.05, 0.1) is 6.20 Å². The molecule has 0 aliphatic carbocycles. The van der Waals surface area contributed by atoms with Crippen molar-refractivity contribution in [2.45, 2.75) is 25.7 Å². The van der Waals surface area contributed by atoms with Crippen LogP contribution in [-0.2, 0) is 19.3 Å². The maximum absolute atomic E-state index is 13.1. The third-order valence-corrected chi connectivity index (χ3v) is 5.87. The van der Waals surface area contributed by atoms with E-state index in [9.17, 15) is 4.79 Å². The summed E-state index contributed by atoms with van der Waals surface area (Å²) in [5.74, 6) is 1.03. The summed E-state index contributed by atoms with van der Waals surface area (Å²) < 4.78 is 0. The first-order valence-electron chi connectivity index (χ1n) is 10.8. The monoisotopic (exact) mass is 455 g/mol. The predicted octanol–water partition coefficient (Wildman–Crippen LogP) is 5.93. The maximum Gasteiger partial charge on any atom is 0.229 e. The van der Waals surface area contributed by atoms with Crippen molar-refractivity contribution >= 4 is 40.5 Å². The Labute approximate surface area is 197 Å². The zero-order valence-electron chi connectivity index (χ0n) is 17.9. The Balaban J connectivity index is 1.49. The van der Waals surface area contributed by atoms with Crippen molar-refractivity contribution < 1.29 is 4.79 Å². The van der Waals surface area contributed by atoms with Crippen molar-refractivity contribution in [3.05, 3.63) is 100 Å². The van der Waals surface area contributed by atoms with Crippen LogP contribution in [0.3, 0.4) is 0 Å². The number of aromatic nitrogens is 3. The van der Waals surface area contributed by atoms with E-state index < -0.39 is 0 Å². The van der Waals surface area contributed by atoms with Crippen LogP contribution < -0.4 is 10.6 Å². The van der Waals surface area contributed by atoms with Crippen LogP contribution in [0.15, 0.2) is 73.2 Å². The van der Waals surface area contributed by atoms with Gasteiger partial charge in [-0.1, -0.05) is 23.7 Å². The highest BCUT2D eigenvalue weighted by Crippen LogP contribution is 2.28. The van der Waals surface area contributed by atoms with Crippen LogP contribution in [-0.4, -0.2) is 20.7 Å². The molecular formula is C26H22ClN5O. The SMILES string of the molecule is O=C(CCc1ccncc1)c1cc2cc(c1)Nc1nc(ncc1Cl)Nc1cccc(c1)CC2. The molecule has 2 aromatic heterocycles. The zero-order valence-corrected chi connectivity index (χ0v) is 18.6. The molecule has 0 saturated heterocycles. The number of pyridine rings is 1. The summed E-state index contributed by atoms with van der Waals surface area (Å²) in [6, 6.07) is 18.0. The standard InChI is InChI=1S/C26H22ClN5O/c27-23-16-29-26-31-21-3-1-2-18(13-21)4-5-19-12-20(15-22(14-19)30-25(23)32-26)24(33)7-6-17-8-10-28-11-9-17/h1-3,8-16H,4-7H2,(H2,29,30,31,32). The van der Waals surface area contributed by atoms with E-state index in [0.29, 0.717) is 35.2 Å². The van der Waals surface area contributed by atoms with E-state index in [1.807, 2.05) is 42.5 Å². The van der Waals surface area contributed by atoms with Crippen molar-refractivity contribution in [3.63, 3.8) is 0 Å². The molecule has 4 aromatic rings. The molecule has 0 atom stereocenters. The molecule has 1 aliphatic heterocycles. The van der Waals surface area contributed by atoms with Gasteiger partial charge in [0.2, 0.25) is 5.95 Å². The van der Waals surface area contributed by atoms with E-state index in [0.717, 1.165) is 35.3 Å². The third kappa shape index (κ3) is 5.18. The smallest absolute Gasteiger partial charge is 0.229 e. The number of Topliss-reactive ketones (excluding diaryl/α,β-unsaturated/α-hetero) is 1. The van der Waals surface area contributed by atoms with E-state index in [1.165, 1.54) is 5.56 Å². The van der Waals surface area contributed by atoms with E-state index >= 15 is 0 Å². The Kier molecular flexibility index (Phi) is 6.00. The normalized spacial score (nSPS) is 12.4. The zero-order chi connectivity index (χ0) is 22.6. The Morgan fingerprint density at radius 1 is 0.939 bits per heavy atom. The lowest BCUT2D eigenvalue weighted by Gasteiger charge is -2.12. The summed E-state index contributed by atoms with van der Waals surface area (Å²) in [7, 11) is 0. The fraction of sp³-hybridized carbons (Fsp3) is 0.154. The number of carbonyl (C=O) groups excluding carboxylic acids is 1. The fourth-order valence-corrected chi connectivity index (χ4v) is 4.03. The molecule has 0 spiro atoms. The molecule has 2 aromatic carbocycles. The second-order valence-electron chi connectivity index (χ2n) is 8.04. The molecule has 0 fully saturated rings. The quantitative estimate of drug-likeness (QED) is 0.371. The molecule has 1 aliphatic rings. The van der Waals surface area contributed by atoms with E-state index in [-0.39, 0.29) is 5.78 Å². The minimum absolute atomic E-state index is 0.0965. The van der Waals surface area contributed by atoms with Gasteiger partial charge in [-0.3, -0.25) is 9.78 Å². The molecule has 0 amide bonds. The average Bonchev–Trinajstić information content (AvgIpc) is 2.84. The first-order chi connectivity index (χ1) is 16.1. The van der Waals surface area contributed by atoms with Gasteiger partial charge in [-0.25, -0.2) is 4.98 Å². The average molecular weight is 456 g/mol. The van der Waals surface area contributed by atoms with Gasteiger partial charge >= 0.3 is 0 Å². The van der Waals surface area contributed by atoms with Crippen molar-refractivity contribution in [1.82, 2.24) is 15.0 Å². The number of ketones is 1. The summed E-state index contributed by atoms with van der Waals surface area (Å²) in [5.41, 5.74) is 5.73. The second kappa shape index (κ2) is 9.38. The minimum atomic E-state index is 0.0965. The van der Waals surface area contributed by atoms with Crippen LogP contribution in [0.4, 0.5) is 23.1 Å². The van der Waals surface area contributed by atoms with Crippen molar-refractivity contribution in [1.29, 1.82) is 0 Å². The number of nitrogens with zero attached hydrogens (tertiary/aromatic N) is 3. The molecule has 6 nitrogen and oxygen atoms in total. The molecule has 0 radical (unpaired) electrons. The molecule has 2 N–H and O–H groups in total. The minimum Gasteiger partial charge on any atom is -0.339 e. The van der Waals surface area contributed by atoms with Gasteiger partial charge in [0.15, 0.2) is 11.6 Å². The lowest BCUT2D eigenvalue weighted by atomic mass is 9.97. The molecular weight excluding hydrogens is 434 g/mol. The lowest BCUT2D eigenvalue weighted by Crippen LogP contribution is -2.05. The number of carbonyl (C=O) groups is 1. The van der Waals surface area contributed by atoms with Gasteiger partial charge in [0.25, 0.3) is 0 Å². The number of aryl methyl sites for hydroxylation is 3. The summed E-state index contributed by atoms with van der Waals surface area (Å²) in [5, 5.41) is 6.93. The highest BCUT2D eigenvalue weighted by molar-refractivity contribution is 6.32. The number of fused-ring (bicyclic) bond motifs is 6. The number of hydrogen-bond donors (Lipinski definition) is 2. The largest absolute Gasteiger partial charge is 0.339 e. The number of anilines is 4. The molecule has 164 valence electrons. The van der Waals surface area contributed by atoms with Gasteiger partial charge in [-0.2, -0.15) is 4.98 Å². The van der Waals surface area contributed by atoms with Crippen molar-refractivity contribution in [3.8, 4) is 0 Å². The Bertz CT molecular complexity index is 1310. The molecule has 5 rings (SSSR count). The van der Waals surface area contributed by atoms with Crippen LogP contribution in [0, 0.1) is 0 Å². The maximum atomic E-state index is 13.1. The molecule has 3 heterocycles. The Morgan fingerprint density at radius 2 is 1.76 bits per heavy atom. The van der Waals surface area contributed by atoms with Crippen LogP contribution in [0.5, 0.6) is 0 Å². The number of halogens is 1. The highest BCUT2D eigenvalue weighted by atomic mass is 35.5. The van der Waals surface area contributed by atoms with Gasteiger partial charge < -0.3 is 10.6 Å². The number of rotatable bonds is 4. The van der Waals surface area contributed by atoms with Crippen LogP contribution >= 0.6 is 11.6 Å². The van der Waals surface area contributed by atoms with Crippen LogP contribution in [0.25, 0.3) is 0 Å². The first-order valence-corrected chi connectivity index (χ1v) is 11.2. The molecule has 7 heteroatoms. The highest BCUT2D eigenvalue weighted by Gasteiger charge is 2.13. The van der Waals surface area contributed by atoms with Crippen LogP contribution in [0.1, 0.15) is 33.5 Å². The van der Waals surface area contributed by atoms with E-state index in [1.54, 1.807) is 18.6 Å². The van der Waals surface area contributed by atoms with E-state index in [4.69, 9.17) is 11.6 Å². The first kappa shape index (κ1) is 21.1. The van der Waals surface area contributed by atoms with Gasteiger partial charge in [-0.15, -0.1) is 0 Å². The molecule has 0 saturated carbocycles. The predicted molar refractivity (Wildman–Crippen MR) is 131 cm³/mol. The van der Waals surface area contributed by atoms with E-state index in [2.05, 4.69) is 37.7 Å². The summed E-state index contributed by atoms with van der Waals surface area (Å²) in [6.07, 6.45) is 7.82. The third-order valence-electron chi connectivity index (χ3n) is 5.60. The Hall–Kier alpha value is -3.77. The number of hydrogen-bond acceptors (Lipinski definition) is 6. The topological polar surface area (TPSA) is 79.8 Å². The van der Waals surface area contributed by atoms with Crippen molar-refractivity contribution in [2.75, 3.05) is 10.6 Å². The fourth-order valence-electron chi connectivity index (χ4n) is 3.90. The Morgan fingerprint density at radius 3 is 2.64 bits per heavy atom. The van der Waals surface area contributed by atoms with Gasteiger partial charge in [-0.05, 0) is 78.4 Å².